The lowest BCUT2D eigenvalue weighted by Crippen LogP contribution is -2.43. The molecule has 0 aromatic carbocycles. The van der Waals surface area contributed by atoms with Crippen LogP contribution in [0.2, 0.25) is 0 Å². The minimum absolute atomic E-state index is 0.322. The standard InChI is InChI=1S/C15H29NO5/c1-5-6-7-10-20-11-8-9-12(13(17)18)16-14(19)21-15(2,3)4/h12H,5-11H2,1-4H3,(H,16,19)(H,17,18). The van der Waals surface area contributed by atoms with Crippen molar-refractivity contribution in [1.82, 2.24) is 5.32 Å². The molecule has 0 heterocycles. The first kappa shape index (κ1) is 19.7. The van der Waals surface area contributed by atoms with E-state index in [1.54, 1.807) is 20.8 Å². The van der Waals surface area contributed by atoms with Crippen molar-refractivity contribution < 1.29 is 24.2 Å². The fourth-order valence-electron chi connectivity index (χ4n) is 1.65. The van der Waals surface area contributed by atoms with E-state index < -0.39 is 23.7 Å². The van der Waals surface area contributed by atoms with Gasteiger partial charge in [0.2, 0.25) is 0 Å². The molecule has 0 saturated heterocycles. The van der Waals surface area contributed by atoms with Crippen molar-refractivity contribution in [3.8, 4) is 0 Å². The van der Waals surface area contributed by atoms with Crippen LogP contribution in [0.1, 0.15) is 59.8 Å². The van der Waals surface area contributed by atoms with Crippen molar-refractivity contribution >= 4 is 12.1 Å². The van der Waals surface area contributed by atoms with E-state index in [-0.39, 0.29) is 0 Å². The first-order chi connectivity index (χ1) is 9.76. The molecule has 1 atom stereocenters. The predicted octanol–water partition coefficient (Wildman–Crippen LogP) is 2.95. The highest BCUT2D eigenvalue weighted by atomic mass is 16.6. The van der Waals surface area contributed by atoms with Crippen LogP contribution < -0.4 is 5.32 Å². The van der Waals surface area contributed by atoms with Crippen LogP contribution >= 0.6 is 0 Å². The second kappa shape index (κ2) is 10.4. The van der Waals surface area contributed by atoms with Gasteiger partial charge < -0.3 is 19.9 Å². The van der Waals surface area contributed by atoms with Crippen molar-refractivity contribution in [2.75, 3.05) is 13.2 Å². The highest BCUT2D eigenvalue weighted by molar-refractivity contribution is 5.79. The molecule has 0 spiro atoms. The number of carboxylic acid groups (broad SMARTS) is 1. The first-order valence-electron chi connectivity index (χ1n) is 7.56. The number of ether oxygens (including phenoxy) is 2. The monoisotopic (exact) mass is 303 g/mol. The number of unbranched alkanes of at least 4 members (excludes halogenated alkanes) is 2. The van der Waals surface area contributed by atoms with Gasteiger partial charge in [0.1, 0.15) is 11.6 Å². The van der Waals surface area contributed by atoms with E-state index in [2.05, 4.69) is 12.2 Å². The van der Waals surface area contributed by atoms with Crippen LogP contribution in [0.3, 0.4) is 0 Å². The Morgan fingerprint density at radius 3 is 2.29 bits per heavy atom. The summed E-state index contributed by atoms with van der Waals surface area (Å²) in [7, 11) is 0. The van der Waals surface area contributed by atoms with E-state index in [0.717, 1.165) is 19.3 Å². The van der Waals surface area contributed by atoms with Crippen LogP contribution in [0.15, 0.2) is 0 Å². The molecule has 0 bridgehead atoms. The summed E-state index contributed by atoms with van der Waals surface area (Å²) in [6, 6.07) is -0.945. The number of alkyl carbamates (subject to hydrolysis) is 1. The quantitative estimate of drug-likeness (QED) is 0.606. The van der Waals surface area contributed by atoms with E-state index >= 15 is 0 Å². The van der Waals surface area contributed by atoms with Gasteiger partial charge in [0, 0.05) is 13.2 Å². The zero-order valence-corrected chi connectivity index (χ0v) is 13.6. The third-order valence-corrected chi connectivity index (χ3v) is 2.66. The molecule has 124 valence electrons. The maximum absolute atomic E-state index is 11.6. The Balaban J connectivity index is 3.93. The molecule has 0 fully saturated rings. The fourth-order valence-corrected chi connectivity index (χ4v) is 1.65. The van der Waals surface area contributed by atoms with Crippen LogP contribution in [0, 0.1) is 0 Å². The average Bonchev–Trinajstić information content (AvgIpc) is 2.33. The van der Waals surface area contributed by atoms with Gasteiger partial charge in [-0.2, -0.15) is 0 Å². The Labute approximate surface area is 127 Å². The molecule has 6 nitrogen and oxygen atoms in total. The number of carbonyl (C=O) groups excluding carboxylic acids is 1. The minimum Gasteiger partial charge on any atom is -0.480 e. The molecule has 0 aromatic rings. The summed E-state index contributed by atoms with van der Waals surface area (Å²) in [4.78, 5) is 22.6. The van der Waals surface area contributed by atoms with Crippen molar-refractivity contribution in [2.45, 2.75) is 71.4 Å². The summed E-state index contributed by atoms with van der Waals surface area (Å²) in [6.45, 7) is 8.51. The lowest BCUT2D eigenvalue weighted by atomic mass is 10.1. The number of hydrogen-bond donors (Lipinski definition) is 2. The van der Waals surface area contributed by atoms with Gasteiger partial charge in [-0.25, -0.2) is 9.59 Å². The Morgan fingerprint density at radius 1 is 1.14 bits per heavy atom. The van der Waals surface area contributed by atoms with Gasteiger partial charge in [0.15, 0.2) is 0 Å². The van der Waals surface area contributed by atoms with Gasteiger partial charge in [-0.05, 0) is 40.0 Å². The van der Waals surface area contributed by atoms with Crippen LogP contribution in [0.25, 0.3) is 0 Å². The zero-order chi connectivity index (χ0) is 16.3. The zero-order valence-electron chi connectivity index (χ0n) is 13.6. The molecule has 0 saturated carbocycles. The Kier molecular flexibility index (Phi) is 9.78. The topological polar surface area (TPSA) is 84.9 Å². The molecule has 0 aliphatic rings. The molecule has 0 radical (unpaired) electrons. The van der Waals surface area contributed by atoms with Crippen molar-refractivity contribution in [3.05, 3.63) is 0 Å². The second-order valence-corrected chi connectivity index (χ2v) is 6.00. The Bertz CT molecular complexity index is 312. The number of carbonyl (C=O) groups is 2. The van der Waals surface area contributed by atoms with Gasteiger partial charge >= 0.3 is 12.1 Å². The molecule has 0 rings (SSSR count). The normalized spacial score (nSPS) is 12.8. The number of carboxylic acids is 1. The molecular formula is C15H29NO5. The van der Waals surface area contributed by atoms with E-state index in [9.17, 15) is 9.59 Å². The van der Waals surface area contributed by atoms with E-state index in [1.807, 2.05) is 0 Å². The summed E-state index contributed by atoms with van der Waals surface area (Å²) < 4.78 is 10.5. The smallest absolute Gasteiger partial charge is 0.408 e. The van der Waals surface area contributed by atoms with Crippen molar-refractivity contribution in [3.63, 3.8) is 0 Å². The Hall–Kier alpha value is -1.30. The number of aliphatic carboxylic acids is 1. The molecule has 21 heavy (non-hydrogen) atoms. The fraction of sp³-hybridized carbons (Fsp3) is 0.867. The lowest BCUT2D eigenvalue weighted by Gasteiger charge is -2.22. The summed E-state index contributed by atoms with van der Waals surface area (Å²) in [6.07, 6.45) is 3.50. The van der Waals surface area contributed by atoms with Crippen molar-refractivity contribution in [1.29, 1.82) is 0 Å². The van der Waals surface area contributed by atoms with Crippen LogP contribution in [-0.2, 0) is 14.3 Å². The highest BCUT2D eigenvalue weighted by Gasteiger charge is 2.23. The van der Waals surface area contributed by atoms with Gasteiger partial charge in [-0.1, -0.05) is 19.8 Å². The molecule has 1 amide bonds. The molecule has 1 unspecified atom stereocenters. The summed E-state index contributed by atoms with van der Waals surface area (Å²) in [5.41, 5.74) is -0.643. The third-order valence-electron chi connectivity index (χ3n) is 2.66. The molecular weight excluding hydrogens is 274 g/mol. The average molecular weight is 303 g/mol. The van der Waals surface area contributed by atoms with E-state index in [1.165, 1.54) is 0 Å². The van der Waals surface area contributed by atoms with Gasteiger partial charge in [0.25, 0.3) is 0 Å². The maximum Gasteiger partial charge on any atom is 0.408 e. The Morgan fingerprint density at radius 2 is 1.76 bits per heavy atom. The molecule has 6 heteroatoms. The van der Waals surface area contributed by atoms with Crippen LogP contribution in [-0.4, -0.2) is 42.0 Å². The molecule has 0 aromatic heterocycles. The lowest BCUT2D eigenvalue weighted by molar-refractivity contribution is -0.139. The van der Waals surface area contributed by atoms with Gasteiger partial charge in [-0.15, -0.1) is 0 Å². The number of rotatable bonds is 10. The van der Waals surface area contributed by atoms with Gasteiger partial charge in [0.05, 0.1) is 0 Å². The number of nitrogens with one attached hydrogen (secondary N) is 1. The number of amides is 1. The predicted molar refractivity (Wildman–Crippen MR) is 80.4 cm³/mol. The summed E-state index contributed by atoms with van der Waals surface area (Å²) in [5.74, 6) is -1.06. The second-order valence-electron chi connectivity index (χ2n) is 6.00. The molecule has 0 aliphatic carbocycles. The summed E-state index contributed by atoms with van der Waals surface area (Å²) in [5, 5.41) is 11.4. The molecule has 2 N–H and O–H groups in total. The van der Waals surface area contributed by atoms with Crippen molar-refractivity contribution in [2.24, 2.45) is 0 Å². The van der Waals surface area contributed by atoms with Crippen LogP contribution in [0.5, 0.6) is 0 Å². The first-order valence-corrected chi connectivity index (χ1v) is 7.56. The molecule has 0 aliphatic heterocycles. The highest BCUT2D eigenvalue weighted by Crippen LogP contribution is 2.08. The van der Waals surface area contributed by atoms with E-state index in [0.29, 0.717) is 26.1 Å². The third kappa shape index (κ3) is 12.2. The number of hydrogen-bond acceptors (Lipinski definition) is 4. The van der Waals surface area contributed by atoms with E-state index in [4.69, 9.17) is 14.6 Å². The van der Waals surface area contributed by atoms with Gasteiger partial charge in [-0.3, -0.25) is 0 Å². The van der Waals surface area contributed by atoms with Crippen LogP contribution in [0.4, 0.5) is 4.79 Å². The SMILES string of the molecule is CCCCCOCCCC(NC(=O)OC(C)(C)C)C(=O)O. The summed E-state index contributed by atoms with van der Waals surface area (Å²) >= 11 is 0. The minimum atomic E-state index is -1.06. The maximum atomic E-state index is 11.6. The largest absolute Gasteiger partial charge is 0.480 e.